The summed E-state index contributed by atoms with van der Waals surface area (Å²) in [5, 5.41) is 0. The van der Waals surface area contributed by atoms with Crippen LogP contribution in [0.1, 0.15) is 12.6 Å². The summed E-state index contributed by atoms with van der Waals surface area (Å²) in [5.74, 6) is 0.197. The number of nitrogens with zero attached hydrogens (tertiary/aromatic N) is 1. The maximum absolute atomic E-state index is 11.5. The first-order valence-corrected chi connectivity index (χ1v) is 5.29. The number of H-pyrrole nitrogens is 2. The topological polar surface area (TPSA) is 48.6 Å². The summed E-state index contributed by atoms with van der Waals surface area (Å²) in [6.45, 7) is 1.63. The van der Waals surface area contributed by atoms with Crippen LogP contribution in [0.3, 0.4) is 0 Å². The van der Waals surface area contributed by atoms with Gasteiger partial charge in [-0.05, 0) is 12.2 Å². The molecule has 1 rings (SSSR count). The normalized spacial score (nSPS) is 13.9. The standard InChI is InChI=1S/C10H17N3OS/c1-7(14)9(13(2,3)4)5-8-6-11-10(15)12-8/h6,9H,5H2,1-4H3,(H-,11,12,15)/p+1. The Bertz CT molecular complexity index is 399. The molecule has 4 nitrogen and oxygen atoms in total. The molecule has 0 aliphatic rings. The lowest BCUT2D eigenvalue weighted by Crippen LogP contribution is -2.50. The minimum atomic E-state index is -0.0357. The molecule has 5 heteroatoms. The van der Waals surface area contributed by atoms with Crippen molar-refractivity contribution in [1.29, 1.82) is 0 Å². The van der Waals surface area contributed by atoms with Crippen LogP contribution >= 0.6 is 12.2 Å². The third-order valence-corrected chi connectivity index (χ3v) is 2.69. The van der Waals surface area contributed by atoms with Gasteiger partial charge in [0.05, 0.1) is 21.1 Å². The van der Waals surface area contributed by atoms with Crippen LogP contribution in [0.2, 0.25) is 0 Å². The van der Waals surface area contributed by atoms with Crippen molar-refractivity contribution in [2.75, 3.05) is 21.1 Å². The molecule has 1 unspecified atom stereocenters. The van der Waals surface area contributed by atoms with Crippen molar-refractivity contribution < 1.29 is 9.28 Å². The van der Waals surface area contributed by atoms with Gasteiger partial charge in [-0.2, -0.15) is 0 Å². The molecule has 15 heavy (non-hydrogen) atoms. The Kier molecular flexibility index (Phi) is 3.46. The summed E-state index contributed by atoms with van der Waals surface area (Å²) in [4.78, 5) is 17.5. The lowest BCUT2D eigenvalue weighted by atomic mass is 10.1. The van der Waals surface area contributed by atoms with Crippen LogP contribution in [0.25, 0.3) is 0 Å². The van der Waals surface area contributed by atoms with Crippen LogP contribution in [0.5, 0.6) is 0 Å². The number of aromatic nitrogens is 2. The van der Waals surface area contributed by atoms with Crippen LogP contribution < -0.4 is 0 Å². The van der Waals surface area contributed by atoms with E-state index in [2.05, 4.69) is 9.97 Å². The second-order valence-electron chi connectivity index (χ2n) is 4.71. The van der Waals surface area contributed by atoms with E-state index in [1.165, 1.54) is 0 Å². The van der Waals surface area contributed by atoms with E-state index in [9.17, 15) is 4.79 Å². The van der Waals surface area contributed by atoms with Gasteiger partial charge in [0.25, 0.3) is 0 Å². The Labute approximate surface area is 94.9 Å². The Balaban J connectivity index is 2.85. The number of Topliss-reactive ketones (excluding diaryl/α,β-unsaturated/α-hetero) is 1. The monoisotopic (exact) mass is 228 g/mol. The highest BCUT2D eigenvalue weighted by molar-refractivity contribution is 7.71. The first-order valence-electron chi connectivity index (χ1n) is 4.89. The fourth-order valence-corrected chi connectivity index (χ4v) is 1.84. The second-order valence-corrected chi connectivity index (χ2v) is 5.12. The first kappa shape index (κ1) is 12.1. The number of aromatic amines is 2. The smallest absolute Gasteiger partial charge is 0.187 e. The van der Waals surface area contributed by atoms with Gasteiger partial charge in [-0.3, -0.25) is 4.79 Å². The molecule has 0 saturated carbocycles. The van der Waals surface area contributed by atoms with Gasteiger partial charge >= 0.3 is 0 Å². The molecule has 0 aromatic carbocycles. The molecular formula is C10H18N3OS+. The lowest BCUT2D eigenvalue weighted by Gasteiger charge is -2.32. The third-order valence-electron chi connectivity index (χ3n) is 2.47. The predicted octanol–water partition coefficient (Wildman–Crippen LogP) is 1.28. The van der Waals surface area contributed by atoms with Crippen molar-refractivity contribution in [1.82, 2.24) is 9.97 Å². The number of carbonyl (C=O) groups is 1. The summed E-state index contributed by atoms with van der Waals surface area (Å²) in [7, 11) is 6.06. The molecule has 84 valence electrons. The molecule has 0 bridgehead atoms. The van der Waals surface area contributed by atoms with Crippen LogP contribution in [0, 0.1) is 4.77 Å². The maximum atomic E-state index is 11.5. The molecule has 0 fully saturated rings. The van der Waals surface area contributed by atoms with Gasteiger partial charge in [0, 0.05) is 25.2 Å². The van der Waals surface area contributed by atoms with E-state index in [-0.39, 0.29) is 11.8 Å². The molecule has 1 heterocycles. The molecule has 1 atom stereocenters. The fraction of sp³-hybridized carbons (Fsp3) is 0.600. The van der Waals surface area contributed by atoms with E-state index in [4.69, 9.17) is 12.2 Å². The second kappa shape index (κ2) is 4.28. The number of hydrogen-bond acceptors (Lipinski definition) is 2. The zero-order valence-corrected chi connectivity index (χ0v) is 10.4. The average molecular weight is 228 g/mol. The molecule has 0 aliphatic heterocycles. The number of quaternary nitrogens is 1. The average Bonchev–Trinajstić information content (AvgIpc) is 2.44. The Morgan fingerprint density at radius 2 is 2.13 bits per heavy atom. The number of hydrogen-bond donors (Lipinski definition) is 2. The summed E-state index contributed by atoms with van der Waals surface area (Å²) in [5.41, 5.74) is 0.980. The Hall–Kier alpha value is -0.940. The van der Waals surface area contributed by atoms with Crippen molar-refractivity contribution >= 4 is 18.0 Å². The number of rotatable bonds is 4. The van der Waals surface area contributed by atoms with Crippen LogP contribution in [0.15, 0.2) is 6.20 Å². The summed E-state index contributed by atoms with van der Waals surface area (Å²) >= 11 is 4.94. The van der Waals surface area contributed by atoms with Crippen molar-refractivity contribution in [3.63, 3.8) is 0 Å². The van der Waals surface area contributed by atoms with E-state index in [1.54, 1.807) is 6.92 Å². The van der Waals surface area contributed by atoms with Gasteiger partial charge in [-0.15, -0.1) is 0 Å². The molecule has 0 saturated heterocycles. The molecular weight excluding hydrogens is 210 g/mol. The zero-order chi connectivity index (χ0) is 11.6. The highest BCUT2D eigenvalue weighted by atomic mass is 32.1. The molecule has 0 amide bonds. The van der Waals surface area contributed by atoms with E-state index < -0.39 is 0 Å². The molecule has 1 aromatic rings. The minimum Gasteiger partial charge on any atom is -0.337 e. The fourth-order valence-electron chi connectivity index (χ4n) is 1.65. The third kappa shape index (κ3) is 3.28. The van der Waals surface area contributed by atoms with Crippen LogP contribution in [0.4, 0.5) is 0 Å². The van der Waals surface area contributed by atoms with Crippen molar-refractivity contribution in [3.05, 3.63) is 16.7 Å². The highest BCUT2D eigenvalue weighted by Crippen LogP contribution is 2.10. The number of nitrogens with one attached hydrogen (secondary N) is 2. The molecule has 0 radical (unpaired) electrons. The van der Waals surface area contributed by atoms with E-state index in [1.807, 2.05) is 27.3 Å². The molecule has 0 aliphatic carbocycles. The Morgan fingerprint density at radius 1 is 1.53 bits per heavy atom. The van der Waals surface area contributed by atoms with Gasteiger partial charge in [0.2, 0.25) is 0 Å². The number of imidazole rings is 1. The summed E-state index contributed by atoms with van der Waals surface area (Å²) in [6, 6.07) is -0.0357. The lowest BCUT2D eigenvalue weighted by molar-refractivity contribution is -0.886. The van der Waals surface area contributed by atoms with Crippen molar-refractivity contribution in [2.24, 2.45) is 0 Å². The number of likely N-dealkylation sites (N-methyl/N-ethyl adjacent to an activating group) is 1. The largest absolute Gasteiger partial charge is 0.337 e. The van der Waals surface area contributed by atoms with Crippen LogP contribution in [-0.2, 0) is 11.2 Å². The SMILES string of the molecule is CC(=O)C(Cc1c[nH]c(=S)[nH]1)[N+](C)(C)C. The zero-order valence-electron chi connectivity index (χ0n) is 9.63. The molecule has 0 spiro atoms. The Morgan fingerprint density at radius 3 is 2.47 bits per heavy atom. The van der Waals surface area contributed by atoms with Gasteiger partial charge in [-0.1, -0.05) is 0 Å². The number of carbonyl (C=O) groups excluding carboxylic acids is 1. The van der Waals surface area contributed by atoms with Crippen molar-refractivity contribution in [3.8, 4) is 0 Å². The van der Waals surface area contributed by atoms with Gasteiger partial charge < -0.3 is 14.5 Å². The summed E-state index contributed by atoms with van der Waals surface area (Å²) < 4.78 is 1.23. The van der Waals surface area contributed by atoms with Crippen LogP contribution in [-0.4, -0.2) is 47.4 Å². The molecule has 1 aromatic heterocycles. The van der Waals surface area contributed by atoms with E-state index >= 15 is 0 Å². The highest BCUT2D eigenvalue weighted by Gasteiger charge is 2.28. The van der Waals surface area contributed by atoms with Crippen molar-refractivity contribution in [2.45, 2.75) is 19.4 Å². The quantitative estimate of drug-likeness (QED) is 0.602. The predicted molar refractivity (Wildman–Crippen MR) is 62.2 cm³/mol. The minimum absolute atomic E-state index is 0.0357. The first-order chi connectivity index (χ1) is 6.80. The summed E-state index contributed by atoms with van der Waals surface area (Å²) in [6.07, 6.45) is 2.51. The molecule has 2 N–H and O–H groups in total. The van der Waals surface area contributed by atoms with E-state index in [0.29, 0.717) is 15.7 Å². The van der Waals surface area contributed by atoms with Gasteiger partial charge in [0.15, 0.2) is 16.6 Å². The maximum Gasteiger partial charge on any atom is 0.187 e. The van der Waals surface area contributed by atoms with E-state index in [0.717, 1.165) is 5.69 Å². The number of ketones is 1. The van der Waals surface area contributed by atoms with Gasteiger partial charge in [0.1, 0.15) is 0 Å². The van der Waals surface area contributed by atoms with Gasteiger partial charge in [-0.25, -0.2) is 0 Å².